The zero-order valence-electron chi connectivity index (χ0n) is 22.1. The Morgan fingerprint density at radius 3 is 2.07 bits per heavy atom. The Morgan fingerprint density at radius 2 is 1.60 bits per heavy atom. The standard InChI is InChI=1S/C24H26Cl2F2N2O4S.C2HF3O2/c1-35(32,33)29-24(31)18-10-17(16-2-3-16)22(11-21(18)27)34-13-14-4-6-30(7-5-14)12-15-8-19(25)23(28)20(26)9-15;3-2(4,5)1(6)7/h8-11,14,16H,2-7,12-13H2,1H3,(H,29,31);(H,6,7). The highest BCUT2D eigenvalue weighted by Gasteiger charge is 2.38. The monoisotopic (exact) mass is 660 g/mol. The number of aliphatic carboxylic acids is 1. The summed E-state index contributed by atoms with van der Waals surface area (Å²) in [5.41, 5.74) is 1.27. The molecule has 1 saturated carbocycles. The van der Waals surface area contributed by atoms with Crippen molar-refractivity contribution < 1.29 is 49.8 Å². The van der Waals surface area contributed by atoms with Crippen molar-refractivity contribution in [3.8, 4) is 5.75 Å². The van der Waals surface area contributed by atoms with Gasteiger partial charge in [-0.2, -0.15) is 13.2 Å². The van der Waals surface area contributed by atoms with Gasteiger partial charge >= 0.3 is 12.1 Å². The summed E-state index contributed by atoms with van der Waals surface area (Å²) in [4.78, 5) is 23.3. The molecule has 8 nitrogen and oxygen atoms in total. The third kappa shape index (κ3) is 9.96. The van der Waals surface area contributed by atoms with E-state index < -0.39 is 39.7 Å². The molecule has 16 heteroatoms. The number of carboxylic acids is 1. The van der Waals surface area contributed by atoms with Gasteiger partial charge in [0.1, 0.15) is 11.6 Å². The van der Waals surface area contributed by atoms with Crippen LogP contribution in [0, 0.1) is 17.6 Å². The largest absolute Gasteiger partial charge is 0.493 e. The number of hydrogen-bond donors (Lipinski definition) is 2. The van der Waals surface area contributed by atoms with Crippen molar-refractivity contribution in [3.63, 3.8) is 0 Å². The molecule has 232 valence electrons. The molecule has 0 aromatic heterocycles. The van der Waals surface area contributed by atoms with Gasteiger partial charge < -0.3 is 9.84 Å². The van der Waals surface area contributed by atoms with Gasteiger partial charge in [0.25, 0.3) is 5.91 Å². The second-order valence-electron chi connectivity index (χ2n) is 10.1. The number of amides is 1. The molecule has 1 saturated heterocycles. The lowest BCUT2D eigenvalue weighted by molar-refractivity contribution is -0.192. The van der Waals surface area contributed by atoms with E-state index in [4.69, 9.17) is 37.8 Å². The molecule has 1 heterocycles. The zero-order valence-corrected chi connectivity index (χ0v) is 24.4. The molecule has 4 rings (SSSR count). The molecule has 1 amide bonds. The van der Waals surface area contributed by atoms with Gasteiger partial charge in [0.05, 0.1) is 28.5 Å². The van der Waals surface area contributed by atoms with Gasteiger partial charge in [-0.1, -0.05) is 23.2 Å². The summed E-state index contributed by atoms with van der Waals surface area (Å²) in [6.45, 7) is 2.65. The number of likely N-dealkylation sites (tertiary alicyclic amines) is 1. The third-order valence-electron chi connectivity index (χ3n) is 6.51. The normalized spacial score (nSPS) is 16.4. The molecule has 0 unspecified atom stereocenters. The van der Waals surface area contributed by atoms with Gasteiger partial charge in [-0.15, -0.1) is 0 Å². The van der Waals surface area contributed by atoms with E-state index in [9.17, 15) is 35.2 Å². The van der Waals surface area contributed by atoms with Crippen molar-refractivity contribution in [2.24, 2.45) is 5.92 Å². The molecule has 2 aromatic rings. The van der Waals surface area contributed by atoms with Gasteiger partial charge in [0.15, 0.2) is 5.82 Å². The molecule has 0 spiro atoms. The smallest absolute Gasteiger partial charge is 0.490 e. The second kappa shape index (κ2) is 13.7. The minimum absolute atomic E-state index is 0.00861. The number of benzene rings is 2. The van der Waals surface area contributed by atoms with Crippen LogP contribution in [-0.2, 0) is 21.4 Å². The summed E-state index contributed by atoms with van der Waals surface area (Å²) in [6, 6.07) is 5.77. The number of rotatable bonds is 8. The number of carboxylic acid groups (broad SMARTS) is 1. The molecule has 2 aliphatic rings. The maximum absolute atomic E-state index is 14.7. The van der Waals surface area contributed by atoms with Crippen LogP contribution in [0.1, 0.15) is 53.1 Å². The first-order valence-electron chi connectivity index (χ1n) is 12.6. The Kier molecular flexibility index (Phi) is 11.1. The maximum atomic E-state index is 14.7. The van der Waals surface area contributed by atoms with Crippen molar-refractivity contribution in [3.05, 3.63) is 62.6 Å². The summed E-state index contributed by atoms with van der Waals surface area (Å²) >= 11 is 11.8. The number of halogens is 7. The summed E-state index contributed by atoms with van der Waals surface area (Å²) in [5.74, 6) is -4.33. The van der Waals surface area contributed by atoms with Crippen molar-refractivity contribution in [1.29, 1.82) is 0 Å². The summed E-state index contributed by atoms with van der Waals surface area (Å²) < 4.78 is 90.6. The van der Waals surface area contributed by atoms with E-state index in [1.54, 1.807) is 12.1 Å². The fourth-order valence-corrected chi connectivity index (χ4v) is 5.26. The number of ether oxygens (including phenoxy) is 1. The quantitative estimate of drug-likeness (QED) is 0.273. The van der Waals surface area contributed by atoms with E-state index in [0.717, 1.165) is 56.2 Å². The molecule has 0 atom stereocenters. The molecule has 2 aromatic carbocycles. The van der Waals surface area contributed by atoms with E-state index in [1.165, 1.54) is 12.1 Å². The Morgan fingerprint density at radius 1 is 1.05 bits per heavy atom. The summed E-state index contributed by atoms with van der Waals surface area (Å²) in [5, 5.41) is 7.14. The fraction of sp³-hybridized carbons (Fsp3) is 0.462. The topological polar surface area (TPSA) is 113 Å². The summed E-state index contributed by atoms with van der Waals surface area (Å²) in [6.07, 6.45) is -0.676. The number of alkyl halides is 3. The van der Waals surface area contributed by atoms with Gasteiger partial charge in [0, 0.05) is 12.6 Å². The molecule has 2 fully saturated rings. The number of carbonyl (C=O) groups excluding carboxylic acids is 1. The van der Waals surface area contributed by atoms with Crippen molar-refractivity contribution in [1.82, 2.24) is 9.62 Å². The number of hydrogen-bond acceptors (Lipinski definition) is 6. The van der Waals surface area contributed by atoms with Gasteiger partial charge in [-0.05, 0) is 79.9 Å². The maximum Gasteiger partial charge on any atom is 0.490 e. The second-order valence-corrected chi connectivity index (χ2v) is 12.6. The highest BCUT2D eigenvalue weighted by molar-refractivity contribution is 7.89. The number of sulfonamides is 1. The van der Waals surface area contributed by atoms with E-state index in [2.05, 4.69) is 4.90 Å². The molecule has 1 aliphatic carbocycles. The van der Waals surface area contributed by atoms with Crippen LogP contribution >= 0.6 is 23.2 Å². The number of nitrogens with one attached hydrogen (secondary N) is 1. The molecule has 1 aliphatic heterocycles. The predicted molar refractivity (Wildman–Crippen MR) is 144 cm³/mol. The lowest BCUT2D eigenvalue weighted by Crippen LogP contribution is -2.35. The van der Waals surface area contributed by atoms with Crippen LogP contribution in [-0.4, -0.2) is 62.4 Å². The molecular formula is C26H27Cl2F5N2O6S. The van der Waals surface area contributed by atoms with Crippen LogP contribution in [0.5, 0.6) is 5.75 Å². The lowest BCUT2D eigenvalue weighted by atomic mass is 9.97. The van der Waals surface area contributed by atoms with Crippen LogP contribution in [0.25, 0.3) is 0 Å². The van der Waals surface area contributed by atoms with Crippen LogP contribution < -0.4 is 9.46 Å². The SMILES string of the molecule is CS(=O)(=O)NC(=O)c1cc(C2CC2)c(OCC2CCN(Cc3cc(Cl)c(F)c(Cl)c3)CC2)cc1F.O=C(O)C(F)(F)F. The van der Waals surface area contributed by atoms with Gasteiger partial charge in [-0.3, -0.25) is 9.69 Å². The number of nitrogens with zero attached hydrogens (tertiary/aromatic N) is 1. The van der Waals surface area contributed by atoms with Crippen molar-refractivity contribution in [2.75, 3.05) is 26.0 Å². The number of piperidine rings is 1. The Bertz CT molecular complexity index is 1410. The van der Waals surface area contributed by atoms with E-state index in [0.29, 0.717) is 18.9 Å². The van der Waals surface area contributed by atoms with Gasteiger partial charge in [-0.25, -0.2) is 26.7 Å². The average molecular weight is 661 g/mol. The highest BCUT2D eigenvalue weighted by atomic mass is 35.5. The number of carbonyl (C=O) groups is 2. The lowest BCUT2D eigenvalue weighted by Gasteiger charge is -2.32. The Hall–Kier alpha value is -2.68. The molecular weight excluding hydrogens is 634 g/mol. The Labute approximate surface area is 248 Å². The first kappa shape index (κ1) is 33.8. The zero-order chi connectivity index (χ0) is 31.4. The summed E-state index contributed by atoms with van der Waals surface area (Å²) in [7, 11) is -3.80. The predicted octanol–water partition coefficient (Wildman–Crippen LogP) is 5.76. The van der Waals surface area contributed by atoms with Gasteiger partial charge in [0.2, 0.25) is 10.0 Å². The van der Waals surface area contributed by atoms with Crippen molar-refractivity contribution >= 4 is 45.1 Å². The van der Waals surface area contributed by atoms with Crippen LogP contribution in [0.4, 0.5) is 22.0 Å². The van der Waals surface area contributed by atoms with E-state index in [-0.39, 0.29) is 27.4 Å². The molecule has 0 radical (unpaired) electrons. The first-order valence-corrected chi connectivity index (χ1v) is 15.2. The molecule has 2 N–H and O–H groups in total. The third-order valence-corrected chi connectivity index (χ3v) is 7.62. The minimum Gasteiger partial charge on any atom is -0.493 e. The minimum atomic E-state index is -5.08. The van der Waals surface area contributed by atoms with Crippen LogP contribution in [0.3, 0.4) is 0 Å². The van der Waals surface area contributed by atoms with Crippen LogP contribution in [0.15, 0.2) is 24.3 Å². The highest BCUT2D eigenvalue weighted by Crippen LogP contribution is 2.45. The fourth-order valence-electron chi connectivity index (χ4n) is 4.28. The molecule has 0 bridgehead atoms. The molecule has 42 heavy (non-hydrogen) atoms. The van der Waals surface area contributed by atoms with E-state index >= 15 is 0 Å². The Balaban J connectivity index is 0.000000616. The first-order chi connectivity index (χ1) is 19.4. The van der Waals surface area contributed by atoms with Crippen LogP contribution in [0.2, 0.25) is 10.0 Å². The van der Waals surface area contributed by atoms with Crippen molar-refractivity contribution in [2.45, 2.75) is 44.3 Å². The van der Waals surface area contributed by atoms with E-state index in [1.807, 2.05) is 4.72 Å². The average Bonchev–Trinajstić information content (AvgIpc) is 3.71.